The smallest absolute Gasteiger partial charge is 0.119 e. The number of aliphatic hydroxyl groups is 1. The van der Waals surface area contributed by atoms with E-state index in [0.29, 0.717) is 12.5 Å². The van der Waals surface area contributed by atoms with Crippen LogP contribution in [0.25, 0.3) is 0 Å². The summed E-state index contributed by atoms with van der Waals surface area (Å²) in [6, 6.07) is 16.3. The number of hydrogen-bond acceptors (Lipinski definition) is 4. The molecule has 1 saturated carbocycles. The molecular weight excluding hydrogens is 314 g/mol. The minimum atomic E-state index is -0.406. The largest absolute Gasteiger partial charge is 0.497 e. The third-order valence-corrected chi connectivity index (χ3v) is 5.10. The Balaban J connectivity index is 1.51. The van der Waals surface area contributed by atoms with Crippen LogP contribution in [0.2, 0.25) is 0 Å². The van der Waals surface area contributed by atoms with Gasteiger partial charge in [0.1, 0.15) is 11.5 Å². The normalized spacial score (nSPS) is 22.8. The van der Waals surface area contributed by atoms with E-state index in [2.05, 4.69) is 18.2 Å². The Morgan fingerprint density at radius 3 is 2.64 bits per heavy atom. The van der Waals surface area contributed by atoms with E-state index >= 15 is 0 Å². The average Bonchev–Trinajstić information content (AvgIpc) is 3.05. The first-order valence-electron chi connectivity index (χ1n) is 8.87. The number of methoxy groups -OCH3 is 1. The van der Waals surface area contributed by atoms with Gasteiger partial charge in [-0.1, -0.05) is 24.3 Å². The lowest BCUT2D eigenvalue weighted by Gasteiger charge is -2.21. The zero-order valence-electron chi connectivity index (χ0n) is 14.8. The van der Waals surface area contributed by atoms with Crippen LogP contribution in [0.5, 0.6) is 11.5 Å². The Hall–Kier alpha value is -2.04. The van der Waals surface area contributed by atoms with Crippen molar-refractivity contribution in [3.8, 4) is 11.5 Å². The first kappa shape index (κ1) is 17.8. The van der Waals surface area contributed by atoms with Crippen LogP contribution in [0.1, 0.15) is 36.3 Å². The molecule has 0 bridgehead atoms. The Morgan fingerprint density at radius 1 is 1.16 bits per heavy atom. The fourth-order valence-electron chi connectivity index (χ4n) is 3.54. The highest BCUT2D eigenvalue weighted by molar-refractivity contribution is 5.31. The van der Waals surface area contributed by atoms with Crippen LogP contribution in [-0.4, -0.2) is 31.0 Å². The summed E-state index contributed by atoms with van der Waals surface area (Å²) in [6.45, 7) is 0.696. The molecule has 4 nitrogen and oxygen atoms in total. The van der Waals surface area contributed by atoms with E-state index in [1.807, 2.05) is 30.3 Å². The van der Waals surface area contributed by atoms with Gasteiger partial charge in [-0.2, -0.15) is 0 Å². The Labute approximate surface area is 149 Å². The van der Waals surface area contributed by atoms with Crippen LogP contribution in [0.3, 0.4) is 0 Å². The van der Waals surface area contributed by atoms with Gasteiger partial charge in [0.05, 0.1) is 20.3 Å². The molecule has 0 spiro atoms. The molecule has 1 aliphatic rings. The molecule has 2 atom stereocenters. The number of aliphatic hydroxyl groups excluding tert-OH is 1. The summed E-state index contributed by atoms with van der Waals surface area (Å²) in [4.78, 5) is 0. The van der Waals surface area contributed by atoms with E-state index in [-0.39, 0.29) is 6.61 Å². The minimum absolute atomic E-state index is 0.0645. The van der Waals surface area contributed by atoms with Gasteiger partial charge in [0.15, 0.2) is 0 Å². The number of benzene rings is 2. The summed E-state index contributed by atoms with van der Waals surface area (Å²) in [7, 11) is 1.68. The minimum Gasteiger partial charge on any atom is -0.497 e. The predicted molar refractivity (Wildman–Crippen MR) is 99.2 cm³/mol. The van der Waals surface area contributed by atoms with E-state index in [1.54, 1.807) is 7.11 Å². The fourth-order valence-corrected chi connectivity index (χ4v) is 3.54. The van der Waals surface area contributed by atoms with Gasteiger partial charge in [0.25, 0.3) is 0 Å². The van der Waals surface area contributed by atoms with Gasteiger partial charge in [-0.05, 0) is 60.6 Å². The molecule has 2 aromatic rings. The van der Waals surface area contributed by atoms with E-state index in [9.17, 15) is 5.11 Å². The molecule has 0 aromatic heterocycles. The van der Waals surface area contributed by atoms with Crippen LogP contribution in [0, 0.1) is 0 Å². The van der Waals surface area contributed by atoms with Crippen LogP contribution in [-0.2, 0) is 6.42 Å². The molecule has 1 aliphatic carbocycles. The lowest BCUT2D eigenvalue weighted by molar-refractivity contribution is 0.198. The quantitative estimate of drug-likeness (QED) is 0.811. The molecule has 0 heterocycles. The Bertz CT molecular complexity index is 686. The van der Waals surface area contributed by atoms with E-state index < -0.39 is 5.54 Å². The van der Waals surface area contributed by atoms with Gasteiger partial charge in [-0.3, -0.25) is 0 Å². The van der Waals surface area contributed by atoms with Gasteiger partial charge in [0.2, 0.25) is 0 Å². The van der Waals surface area contributed by atoms with Crippen LogP contribution >= 0.6 is 0 Å². The zero-order chi connectivity index (χ0) is 17.7. The predicted octanol–water partition coefficient (Wildman–Crippen LogP) is 3.27. The molecule has 0 radical (unpaired) electrons. The van der Waals surface area contributed by atoms with E-state index in [1.165, 1.54) is 11.1 Å². The molecule has 0 aliphatic heterocycles. The van der Waals surface area contributed by atoms with Crippen molar-refractivity contribution in [1.82, 2.24) is 0 Å². The van der Waals surface area contributed by atoms with Crippen LogP contribution in [0.15, 0.2) is 48.5 Å². The zero-order valence-corrected chi connectivity index (χ0v) is 14.8. The molecule has 25 heavy (non-hydrogen) atoms. The second-order valence-electron chi connectivity index (χ2n) is 6.98. The van der Waals surface area contributed by atoms with Gasteiger partial charge < -0.3 is 20.3 Å². The van der Waals surface area contributed by atoms with Crippen molar-refractivity contribution in [3.05, 3.63) is 59.7 Å². The summed E-state index contributed by atoms with van der Waals surface area (Å²) in [5.41, 5.74) is 8.25. The van der Waals surface area contributed by atoms with Crippen molar-refractivity contribution < 1.29 is 14.6 Å². The van der Waals surface area contributed by atoms with Gasteiger partial charge in [-0.15, -0.1) is 0 Å². The monoisotopic (exact) mass is 341 g/mol. The molecule has 3 rings (SSSR count). The summed E-state index contributed by atoms with van der Waals surface area (Å²) in [5.74, 6) is 2.19. The molecule has 3 N–H and O–H groups in total. The van der Waals surface area contributed by atoms with Gasteiger partial charge >= 0.3 is 0 Å². The van der Waals surface area contributed by atoms with Crippen molar-refractivity contribution >= 4 is 0 Å². The third kappa shape index (κ3) is 4.53. The standard InChI is InChI=1S/C21H27NO3/c1-24-20-4-2-3-16(13-20)10-12-25-19-7-5-17(6-8-19)18-9-11-21(22,14-18)15-23/h2-8,13,18,23H,9-12,14-15,22H2,1H3. The molecule has 0 amide bonds. The molecular formula is C21H27NO3. The van der Waals surface area contributed by atoms with Crippen molar-refractivity contribution in [1.29, 1.82) is 0 Å². The number of nitrogens with two attached hydrogens (primary N) is 1. The maximum atomic E-state index is 9.41. The lowest BCUT2D eigenvalue weighted by Crippen LogP contribution is -2.40. The SMILES string of the molecule is COc1cccc(CCOc2ccc(C3CCC(N)(CO)C3)cc2)c1. The highest BCUT2D eigenvalue weighted by Gasteiger charge is 2.35. The third-order valence-electron chi connectivity index (χ3n) is 5.10. The highest BCUT2D eigenvalue weighted by atomic mass is 16.5. The van der Waals surface area contributed by atoms with Crippen LogP contribution in [0.4, 0.5) is 0 Å². The summed E-state index contributed by atoms with van der Waals surface area (Å²) >= 11 is 0. The summed E-state index contributed by atoms with van der Waals surface area (Å²) < 4.78 is 11.1. The molecule has 134 valence electrons. The number of rotatable bonds is 7. The van der Waals surface area contributed by atoms with Gasteiger partial charge in [0, 0.05) is 12.0 Å². The Morgan fingerprint density at radius 2 is 1.96 bits per heavy atom. The van der Waals surface area contributed by atoms with Crippen LogP contribution < -0.4 is 15.2 Å². The topological polar surface area (TPSA) is 64.7 Å². The van der Waals surface area contributed by atoms with Gasteiger partial charge in [-0.25, -0.2) is 0 Å². The molecule has 2 unspecified atom stereocenters. The second kappa shape index (κ2) is 7.89. The van der Waals surface area contributed by atoms with Crippen molar-refractivity contribution in [2.24, 2.45) is 5.73 Å². The first-order chi connectivity index (χ1) is 12.1. The van der Waals surface area contributed by atoms with E-state index in [0.717, 1.165) is 37.2 Å². The summed E-state index contributed by atoms with van der Waals surface area (Å²) in [5, 5.41) is 9.41. The molecule has 4 heteroatoms. The first-order valence-corrected chi connectivity index (χ1v) is 8.87. The maximum Gasteiger partial charge on any atom is 0.119 e. The Kier molecular flexibility index (Phi) is 5.61. The lowest BCUT2D eigenvalue weighted by atomic mass is 9.94. The van der Waals surface area contributed by atoms with E-state index in [4.69, 9.17) is 15.2 Å². The molecule has 0 saturated heterocycles. The molecule has 2 aromatic carbocycles. The fraction of sp³-hybridized carbons (Fsp3) is 0.429. The number of ether oxygens (including phenoxy) is 2. The number of hydrogen-bond donors (Lipinski definition) is 2. The average molecular weight is 341 g/mol. The summed E-state index contributed by atoms with van der Waals surface area (Å²) in [6.07, 6.45) is 3.60. The van der Waals surface area contributed by atoms with Crippen molar-refractivity contribution in [2.45, 2.75) is 37.1 Å². The van der Waals surface area contributed by atoms with Crippen molar-refractivity contribution in [3.63, 3.8) is 0 Å². The second-order valence-corrected chi connectivity index (χ2v) is 6.98. The molecule has 1 fully saturated rings. The van der Waals surface area contributed by atoms with Crippen molar-refractivity contribution in [2.75, 3.05) is 20.3 Å². The maximum absolute atomic E-state index is 9.41. The highest BCUT2D eigenvalue weighted by Crippen LogP contribution is 2.39.